The summed E-state index contributed by atoms with van der Waals surface area (Å²) in [5.74, 6) is 0.941. The molecule has 0 bridgehead atoms. The Balaban J connectivity index is 1.21. The number of carbonyl (C=O) groups excluding carboxylic acids is 1. The summed E-state index contributed by atoms with van der Waals surface area (Å²) in [6.07, 6.45) is 5.40. The van der Waals surface area contributed by atoms with E-state index in [0.29, 0.717) is 18.3 Å². The van der Waals surface area contributed by atoms with E-state index in [0.717, 1.165) is 34.9 Å². The molecule has 1 N–H and O–H groups in total. The highest BCUT2D eigenvalue weighted by atomic mass is 16.5. The number of nitrogens with one attached hydrogen (secondary N) is 1. The Kier molecular flexibility index (Phi) is 4.83. The van der Waals surface area contributed by atoms with Crippen molar-refractivity contribution in [2.24, 2.45) is 0 Å². The Morgan fingerprint density at radius 3 is 2.80 bits per heavy atom. The maximum absolute atomic E-state index is 12.5. The average molecular weight is 401 g/mol. The number of nitrogens with zero attached hydrogens (tertiary/aromatic N) is 2. The quantitative estimate of drug-likeness (QED) is 0.517. The number of fused-ring (bicyclic) bond motifs is 2. The van der Waals surface area contributed by atoms with E-state index in [1.165, 1.54) is 17.5 Å². The third-order valence-corrected chi connectivity index (χ3v) is 5.72. The third kappa shape index (κ3) is 3.61. The molecule has 0 radical (unpaired) electrons. The first-order valence-electron chi connectivity index (χ1n) is 10.3. The van der Waals surface area contributed by atoms with Crippen LogP contribution in [0.15, 0.2) is 57.7 Å². The van der Waals surface area contributed by atoms with Crippen molar-refractivity contribution in [1.29, 1.82) is 0 Å². The van der Waals surface area contributed by atoms with Crippen LogP contribution in [0.4, 0.5) is 0 Å². The molecule has 30 heavy (non-hydrogen) atoms. The molecule has 1 amide bonds. The van der Waals surface area contributed by atoms with E-state index in [4.69, 9.17) is 8.94 Å². The average Bonchev–Trinajstić information content (AvgIpc) is 3.51. The van der Waals surface area contributed by atoms with Crippen LogP contribution in [0, 0.1) is 0 Å². The highest BCUT2D eigenvalue weighted by Gasteiger charge is 2.19. The van der Waals surface area contributed by atoms with Gasteiger partial charge >= 0.3 is 0 Å². The second-order valence-electron chi connectivity index (χ2n) is 7.94. The van der Waals surface area contributed by atoms with Crippen LogP contribution < -0.4 is 5.32 Å². The van der Waals surface area contributed by atoms with Crippen LogP contribution in [0.25, 0.3) is 22.4 Å². The minimum atomic E-state index is -0.0803. The summed E-state index contributed by atoms with van der Waals surface area (Å²) in [7, 11) is 0. The second kappa shape index (κ2) is 7.78. The standard InChI is InChI=1S/C24H23N3O3/c1-15(24-26-23(27-30-24)16-6-3-2-4-7-16)13-25-22(28)12-19-14-29-21-11-18-9-5-8-17(18)10-20(19)21/h2-4,6-7,10-11,14-15H,5,8-9,12-13H2,1H3,(H,25,28)/t15-/m1/s1. The monoisotopic (exact) mass is 401 g/mol. The summed E-state index contributed by atoms with van der Waals surface area (Å²) >= 11 is 0. The Bertz CT molecular complexity index is 1190. The van der Waals surface area contributed by atoms with Crippen molar-refractivity contribution in [3.8, 4) is 11.4 Å². The predicted octanol–water partition coefficient (Wildman–Crippen LogP) is 4.43. The summed E-state index contributed by atoms with van der Waals surface area (Å²) < 4.78 is 11.1. The second-order valence-corrected chi connectivity index (χ2v) is 7.94. The number of rotatable bonds is 6. The Morgan fingerprint density at radius 1 is 1.17 bits per heavy atom. The number of aromatic nitrogens is 2. The van der Waals surface area contributed by atoms with Gasteiger partial charge in [0.25, 0.3) is 0 Å². The van der Waals surface area contributed by atoms with Gasteiger partial charge in [-0.1, -0.05) is 42.4 Å². The molecule has 0 spiro atoms. The molecule has 0 saturated carbocycles. The maximum Gasteiger partial charge on any atom is 0.231 e. The fourth-order valence-corrected chi connectivity index (χ4v) is 4.01. The van der Waals surface area contributed by atoms with Gasteiger partial charge < -0.3 is 14.3 Å². The molecule has 2 aromatic carbocycles. The maximum atomic E-state index is 12.5. The lowest BCUT2D eigenvalue weighted by Gasteiger charge is -2.08. The van der Waals surface area contributed by atoms with Gasteiger partial charge in [-0.2, -0.15) is 4.98 Å². The smallest absolute Gasteiger partial charge is 0.231 e. The number of furan rings is 1. The van der Waals surface area contributed by atoms with E-state index in [1.54, 1.807) is 6.26 Å². The van der Waals surface area contributed by atoms with Gasteiger partial charge in [0.1, 0.15) is 5.58 Å². The number of amides is 1. The van der Waals surface area contributed by atoms with Gasteiger partial charge in [-0.25, -0.2) is 0 Å². The largest absolute Gasteiger partial charge is 0.464 e. The van der Waals surface area contributed by atoms with E-state index >= 15 is 0 Å². The molecule has 2 aromatic heterocycles. The van der Waals surface area contributed by atoms with Crippen LogP contribution in [-0.4, -0.2) is 22.6 Å². The zero-order valence-electron chi connectivity index (χ0n) is 16.9. The van der Waals surface area contributed by atoms with Gasteiger partial charge in [-0.05, 0) is 42.5 Å². The van der Waals surface area contributed by atoms with Crippen LogP contribution in [-0.2, 0) is 24.1 Å². The molecule has 6 nitrogen and oxygen atoms in total. The molecule has 152 valence electrons. The van der Waals surface area contributed by atoms with Gasteiger partial charge in [0.05, 0.1) is 18.6 Å². The lowest BCUT2D eigenvalue weighted by molar-refractivity contribution is -0.120. The molecule has 1 aliphatic rings. The first-order chi connectivity index (χ1) is 14.7. The molecular weight excluding hydrogens is 378 g/mol. The highest BCUT2D eigenvalue weighted by molar-refractivity contribution is 5.88. The Morgan fingerprint density at radius 2 is 1.97 bits per heavy atom. The van der Waals surface area contributed by atoms with Gasteiger partial charge in [0.2, 0.25) is 17.6 Å². The summed E-state index contributed by atoms with van der Waals surface area (Å²) in [5.41, 5.74) is 5.45. The first kappa shape index (κ1) is 18.6. The van der Waals surface area contributed by atoms with Gasteiger partial charge in [0.15, 0.2) is 0 Å². The molecular formula is C24H23N3O3. The fourth-order valence-electron chi connectivity index (χ4n) is 4.01. The summed E-state index contributed by atoms with van der Waals surface area (Å²) in [5, 5.41) is 8.07. The number of hydrogen-bond donors (Lipinski definition) is 1. The summed E-state index contributed by atoms with van der Waals surface area (Å²) in [6.45, 7) is 2.39. The van der Waals surface area contributed by atoms with E-state index in [1.807, 2.05) is 37.3 Å². The van der Waals surface area contributed by atoms with Crippen molar-refractivity contribution in [2.75, 3.05) is 6.54 Å². The van der Waals surface area contributed by atoms with E-state index in [2.05, 4.69) is 27.6 Å². The lowest BCUT2D eigenvalue weighted by atomic mass is 10.0. The highest BCUT2D eigenvalue weighted by Crippen LogP contribution is 2.30. The van der Waals surface area contributed by atoms with Gasteiger partial charge in [0, 0.05) is 23.1 Å². The van der Waals surface area contributed by atoms with Crippen LogP contribution in [0.2, 0.25) is 0 Å². The molecule has 6 heteroatoms. The molecule has 1 atom stereocenters. The topological polar surface area (TPSA) is 81.2 Å². The van der Waals surface area contributed by atoms with Crippen LogP contribution in [0.1, 0.15) is 41.8 Å². The summed E-state index contributed by atoms with van der Waals surface area (Å²) in [6, 6.07) is 14.0. The van der Waals surface area contributed by atoms with Crippen molar-refractivity contribution in [2.45, 2.75) is 38.5 Å². The number of hydrogen-bond acceptors (Lipinski definition) is 5. The van der Waals surface area contributed by atoms with Crippen LogP contribution in [0.3, 0.4) is 0 Å². The van der Waals surface area contributed by atoms with Crippen molar-refractivity contribution < 1.29 is 13.7 Å². The predicted molar refractivity (Wildman–Crippen MR) is 113 cm³/mol. The molecule has 4 aromatic rings. The van der Waals surface area contributed by atoms with Crippen molar-refractivity contribution in [1.82, 2.24) is 15.5 Å². The third-order valence-electron chi connectivity index (χ3n) is 5.72. The zero-order chi connectivity index (χ0) is 20.5. The van der Waals surface area contributed by atoms with Crippen LogP contribution in [0.5, 0.6) is 0 Å². The first-order valence-corrected chi connectivity index (χ1v) is 10.3. The van der Waals surface area contributed by atoms with Crippen molar-refractivity contribution in [3.05, 3.63) is 71.3 Å². The minimum absolute atomic E-state index is 0.0483. The molecule has 5 rings (SSSR count). The SMILES string of the molecule is C[C@H](CNC(=O)Cc1coc2cc3c(cc12)CCC3)c1nc(-c2ccccc2)no1. The van der Waals surface area contributed by atoms with Gasteiger partial charge in [-0.3, -0.25) is 4.79 Å². The molecule has 1 aliphatic carbocycles. The molecule has 0 aliphatic heterocycles. The van der Waals surface area contributed by atoms with Crippen LogP contribution >= 0.6 is 0 Å². The van der Waals surface area contributed by atoms with E-state index < -0.39 is 0 Å². The number of aryl methyl sites for hydroxylation is 2. The Labute approximate surface area is 174 Å². The lowest BCUT2D eigenvalue weighted by Crippen LogP contribution is -2.28. The molecule has 0 unspecified atom stereocenters. The molecule has 0 fully saturated rings. The Hall–Kier alpha value is -3.41. The number of carbonyl (C=O) groups is 1. The van der Waals surface area contributed by atoms with E-state index in [9.17, 15) is 4.79 Å². The van der Waals surface area contributed by atoms with Gasteiger partial charge in [-0.15, -0.1) is 0 Å². The zero-order valence-corrected chi connectivity index (χ0v) is 16.9. The number of benzene rings is 2. The van der Waals surface area contributed by atoms with Crippen molar-refractivity contribution in [3.63, 3.8) is 0 Å². The molecule has 2 heterocycles. The van der Waals surface area contributed by atoms with Crippen molar-refractivity contribution >= 4 is 16.9 Å². The summed E-state index contributed by atoms with van der Waals surface area (Å²) in [4.78, 5) is 17.0. The minimum Gasteiger partial charge on any atom is -0.464 e. The fraction of sp³-hybridized carbons (Fsp3) is 0.292. The molecule has 0 saturated heterocycles. The normalized spacial score (nSPS) is 14.0. The van der Waals surface area contributed by atoms with E-state index in [-0.39, 0.29) is 18.2 Å².